The second-order valence-corrected chi connectivity index (χ2v) is 6.47. The Morgan fingerprint density at radius 1 is 1.21 bits per heavy atom. The van der Waals surface area contributed by atoms with Gasteiger partial charge in [-0.2, -0.15) is 0 Å². The molecule has 2 aromatic rings. The molecule has 0 bridgehead atoms. The van der Waals surface area contributed by atoms with E-state index < -0.39 is 11.6 Å². The number of benzene rings is 1. The largest absolute Gasteiger partial charge is 0.373 e. The van der Waals surface area contributed by atoms with Gasteiger partial charge in [0.05, 0.1) is 6.54 Å². The summed E-state index contributed by atoms with van der Waals surface area (Å²) in [5.74, 6) is -1.55. The number of carbonyl (C=O) groups is 1. The lowest BCUT2D eigenvalue weighted by Crippen LogP contribution is -2.17. The summed E-state index contributed by atoms with van der Waals surface area (Å²) in [5.41, 5.74) is 2.39. The molecule has 3 rings (SSSR count). The third-order valence-electron chi connectivity index (χ3n) is 4.86. The van der Waals surface area contributed by atoms with E-state index in [-0.39, 0.29) is 18.0 Å². The molecule has 1 heterocycles. The first-order chi connectivity index (χ1) is 11.5. The van der Waals surface area contributed by atoms with Gasteiger partial charge >= 0.3 is 0 Å². The summed E-state index contributed by atoms with van der Waals surface area (Å²) in [6.45, 7) is 3.82. The molecule has 1 N–H and O–H groups in total. The van der Waals surface area contributed by atoms with Gasteiger partial charge in [0.25, 0.3) is 0 Å². The molecular formula is C19H22F2N2O. The predicted molar refractivity (Wildman–Crippen MR) is 90.6 cm³/mol. The fraction of sp³-hybridized carbons (Fsp3) is 0.421. The van der Waals surface area contributed by atoms with Crippen LogP contribution >= 0.6 is 0 Å². The van der Waals surface area contributed by atoms with Gasteiger partial charge in [-0.15, -0.1) is 0 Å². The van der Waals surface area contributed by atoms with E-state index in [1.54, 1.807) is 0 Å². The van der Waals surface area contributed by atoms with Crippen molar-refractivity contribution in [1.29, 1.82) is 0 Å². The highest BCUT2D eigenvalue weighted by molar-refractivity contribution is 6.00. The van der Waals surface area contributed by atoms with Crippen LogP contribution in [0.15, 0.2) is 24.3 Å². The summed E-state index contributed by atoms with van der Waals surface area (Å²) < 4.78 is 29.5. The second-order valence-electron chi connectivity index (χ2n) is 6.47. The molecule has 0 atom stereocenters. The van der Waals surface area contributed by atoms with E-state index in [9.17, 15) is 13.6 Å². The van der Waals surface area contributed by atoms with Crippen molar-refractivity contribution < 1.29 is 13.6 Å². The Morgan fingerprint density at radius 3 is 2.46 bits per heavy atom. The van der Waals surface area contributed by atoms with Crippen molar-refractivity contribution in [1.82, 2.24) is 4.57 Å². The van der Waals surface area contributed by atoms with E-state index in [2.05, 4.69) is 9.88 Å². The Labute approximate surface area is 140 Å². The summed E-state index contributed by atoms with van der Waals surface area (Å²) >= 11 is 0. The Hall–Kier alpha value is -2.17. The smallest absolute Gasteiger partial charge is 0.183 e. The number of hydrogen-bond donors (Lipinski definition) is 1. The van der Waals surface area contributed by atoms with Gasteiger partial charge in [0.1, 0.15) is 17.3 Å². The molecule has 0 unspecified atom stereocenters. The lowest BCUT2D eigenvalue weighted by Gasteiger charge is -2.17. The Kier molecular flexibility index (Phi) is 4.69. The molecule has 1 aromatic carbocycles. The first-order valence-electron chi connectivity index (χ1n) is 8.38. The lowest BCUT2D eigenvalue weighted by molar-refractivity contribution is 0.100. The quantitative estimate of drug-likeness (QED) is 0.799. The summed E-state index contributed by atoms with van der Waals surface area (Å²) in [4.78, 5) is 12.5. The van der Waals surface area contributed by atoms with Crippen LogP contribution in [0.5, 0.6) is 0 Å². The molecular weight excluding hydrogens is 310 g/mol. The highest BCUT2D eigenvalue weighted by atomic mass is 19.1. The van der Waals surface area contributed by atoms with Crippen molar-refractivity contribution in [3.05, 3.63) is 52.9 Å². The van der Waals surface area contributed by atoms with Crippen LogP contribution in [0.25, 0.3) is 0 Å². The van der Waals surface area contributed by atoms with E-state index in [4.69, 9.17) is 0 Å². The zero-order chi connectivity index (χ0) is 17.3. The van der Waals surface area contributed by atoms with E-state index in [1.807, 2.05) is 19.9 Å². The van der Waals surface area contributed by atoms with Crippen molar-refractivity contribution in [3.63, 3.8) is 0 Å². The highest BCUT2D eigenvalue weighted by Gasteiger charge is 2.23. The standard InChI is InChI=1S/C19H22F2N2O/c1-12-10-15(13(2)23(12)14-6-3-4-7-14)18(24)11-22-19-16(20)8-5-9-17(19)21/h5,8-10,14,22H,3-4,6-7,11H2,1-2H3. The van der Waals surface area contributed by atoms with Crippen LogP contribution in [-0.2, 0) is 0 Å². The molecule has 1 aliphatic rings. The fourth-order valence-electron chi connectivity index (χ4n) is 3.71. The van der Waals surface area contributed by atoms with E-state index in [1.165, 1.54) is 31.0 Å². The van der Waals surface area contributed by atoms with Crippen molar-refractivity contribution in [3.8, 4) is 0 Å². The van der Waals surface area contributed by atoms with Crippen molar-refractivity contribution >= 4 is 11.5 Å². The molecule has 1 fully saturated rings. The fourth-order valence-corrected chi connectivity index (χ4v) is 3.71. The van der Waals surface area contributed by atoms with Crippen LogP contribution in [0.1, 0.15) is 53.5 Å². The van der Waals surface area contributed by atoms with Gasteiger partial charge in [-0.25, -0.2) is 8.78 Å². The number of Topliss-reactive ketones (excluding diaryl/α,β-unsaturated/α-hetero) is 1. The number of ketones is 1. The van der Waals surface area contributed by atoms with Crippen molar-refractivity contribution in [2.45, 2.75) is 45.6 Å². The average molecular weight is 332 g/mol. The SMILES string of the molecule is Cc1cc(C(=O)CNc2c(F)cccc2F)c(C)n1C1CCCC1. The molecule has 1 aromatic heterocycles. The first-order valence-corrected chi connectivity index (χ1v) is 8.38. The summed E-state index contributed by atoms with van der Waals surface area (Å²) in [6.07, 6.45) is 4.73. The van der Waals surface area contributed by atoms with Gasteiger partial charge in [-0.1, -0.05) is 18.9 Å². The molecule has 1 saturated carbocycles. The van der Waals surface area contributed by atoms with Crippen molar-refractivity contribution in [2.75, 3.05) is 11.9 Å². The van der Waals surface area contributed by atoms with Gasteiger partial charge < -0.3 is 9.88 Å². The maximum absolute atomic E-state index is 13.6. The normalized spacial score (nSPS) is 15.0. The Bertz CT molecular complexity index is 741. The number of nitrogens with one attached hydrogen (secondary N) is 1. The second kappa shape index (κ2) is 6.75. The number of hydrogen-bond acceptors (Lipinski definition) is 2. The molecule has 0 saturated heterocycles. The Balaban J connectivity index is 1.77. The van der Waals surface area contributed by atoms with E-state index >= 15 is 0 Å². The van der Waals surface area contributed by atoms with E-state index in [0.29, 0.717) is 11.6 Å². The van der Waals surface area contributed by atoms with Gasteiger partial charge in [-0.3, -0.25) is 4.79 Å². The molecule has 0 spiro atoms. The number of aromatic nitrogens is 1. The minimum atomic E-state index is -0.695. The first kappa shape index (κ1) is 16.7. The number of anilines is 1. The van der Waals surface area contributed by atoms with Gasteiger partial charge in [0.15, 0.2) is 5.78 Å². The van der Waals surface area contributed by atoms with Crippen LogP contribution in [0.2, 0.25) is 0 Å². The predicted octanol–water partition coefficient (Wildman–Crippen LogP) is 4.79. The van der Waals surface area contributed by atoms with Gasteiger partial charge in [0, 0.05) is 23.0 Å². The molecule has 0 amide bonds. The topological polar surface area (TPSA) is 34.0 Å². The average Bonchev–Trinajstić information content (AvgIpc) is 3.14. The molecule has 3 nitrogen and oxygen atoms in total. The van der Waals surface area contributed by atoms with Gasteiger partial charge in [-0.05, 0) is 44.9 Å². The van der Waals surface area contributed by atoms with Crippen LogP contribution in [-0.4, -0.2) is 16.9 Å². The Morgan fingerprint density at radius 2 is 1.83 bits per heavy atom. The highest BCUT2D eigenvalue weighted by Crippen LogP contribution is 2.33. The summed E-state index contributed by atoms with van der Waals surface area (Å²) in [6, 6.07) is 5.98. The maximum Gasteiger partial charge on any atom is 0.183 e. The molecule has 0 aliphatic heterocycles. The van der Waals surface area contributed by atoms with Crippen LogP contribution in [0.4, 0.5) is 14.5 Å². The van der Waals surface area contributed by atoms with Crippen LogP contribution in [0, 0.1) is 25.5 Å². The lowest BCUT2D eigenvalue weighted by atomic mass is 10.1. The van der Waals surface area contributed by atoms with Crippen LogP contribution < -0.4 is 5.32 Å². The molecule has 5 heteroatoms. The maximum atomic E-state index is 13.6. The number of rotatable bonds is 5. The molecule has 24 heavy (non-hydrogen) atoms. The van der Waals surface area contributed by atoms with E-state index in [0.717, 1.165) is 24.2 Å². The number of halogens is 2. The summed E-state index contributed by atoms with van der Waals surface area (Å²) in [5, 5.41) is 2.60. The number of para-hydroxylation sites is 1. The van der Waals surface area contributed by atoms with Gasteiger partial charge in [0.2, 0.25) is 0 Å². The molecule has 0 radical (unpaired) electrons. The van der Waals surface area contributed by atoms with Crippen LogP contribution in [0.3, 0.4) is 0 Å². The summed E-state index contributed by atoms with van der Waals surface area (Å²) in [7, 11) is 0. The minimum Gasteiger partial charge on any atom is -0.373 e. The molecule has 128 valence electrons. The zero-order valence-electron chi connectivity index (χ0n) is 14.0. The number of carbonyl (C=O) groups excluding carboxylic acids is 1. The number of nitrogens with zero attached hydrogens (tertiary/aromatic N) is 1. The third-order valence-corrected chi connectivity index (χ3v) is 4.86. The monoisotopic (exact) mass is 332 g/mol. The zero-order valence-corrected chi connectivity index (χ0v) is 14.0. The third kappa shape index (κ3) is 3.07. The number of aryl methyl sites for hydroxylation is 1. The molecule has 1 aliphatic carbocycles. The van der Waals surface area contributed by atoms with Crippen molar-refractivity contribution in [2.24, 2.45) is 0 Å². The minimum absolute atomic E-state index is 0.132.